The molecule has 0 spiro atoms. The summed E-state index contributed by atoms with van der Waals surface area (Å²) in [4.78, 5) is 15.9. The molecule has 4 rings (SSSR count). The van der Waals surface area contributed by atoms with Crippen LogP contribution in [0.4, 0.5) is 0 Å². The van der Waals surface area contributed by atoms with E-state index in [1.54, 1.807) is 30.3 Å². The van der Waals surface area contributed by atoms with E-state index in [0.717, 1.165) is 16.3 Å². The van der Waals surface area contributed by atoms with Crippen molar-refractivity contribution in [2.75, 3.05) is 31.1 Å². The first kappa shape index (κ1) is 30.4. The summed E-state index contributed by atoms with van der Waals surface area (Å²) in [6.07, 6.45) is 1.06. The Morgan fingerprint density at radius 1 is 1.03 bits per heavy atom. The molecule has 0 saturated carbocycles. The molecular formula is C26H33Cl2N3O3S2. The van der Waals surface area contributed by atoms with E-state index >= 15 is 0 Å². The minimum Gasteiger partial charge on any atom is -0.333 e. The maximum Gasteiger partial charge on any atom is 0.254 e. The molecule has 0 unspecified atom stereocenters. The predicted molar refractivity (Wildman–Crippen MR) is 155 cm³/mol. The summed E-state index contributed by atoms with van der Waals surface area (Å²) in [5.41, 5.74) is 7.86. The molecule has 196 valence electrons. The van der Waals surface area contributed by atoms with Gasteiger partial charge in [0.25, 0.3) is 5.91 Å². The molecule has 1 fully saturated rings. The van der Waals surface area contributed by atoms with Gasteiger partial charge in [-0.15, -0.1) is 24.8 Å². The predicted octanol–water partition coefficient (Wildman–Crippen LogP) is 3.76. The van der Waals surface area contributed by atoms with Gasteiger partial charge in [0.05, 0.1) is 10.6 Å². The van der Waals surface area contributed by atoms with Crippen molar-refractivity contribution in [3.05, 3.63) is 77.9 Å². The van der Waals surface area contributed by atoms with Crippen molar-refractivity contribution >= 4 is 64.0 Å². The molecule has 1 aliphatic rings. The van der Waals surface area contributed by atoms with E-state index in [4.69, 9.17) is 5.73 Å². The molecule has 1 saturated heterocycles. The number of halogens is 2. The molecule has 0 bridgehead atoms. The van der Waals surface area contributed by atoms with Crippen LogP contribution in [0.15, 0.2) is 71.6 Å². The number of nitrogens with two attached hydrogens (primary N) is 1. The van der Waals surface area contributed by atoms with Gasteiger partial charge >= 0.3 is 0 Å². The lowest BCUT2D eigenvalue weighted by Gasteiger charge is -2.36. The Morgan fingerprint density at radius 3 is 2.39 bits per heavy atom. The summed E-state index contributed by atoms with van der Waals surface area (Å²) in [6, 6.07) is 20.0. The summed E-state index contributed by atoms with van der Waals surface area (Å²) in [7, 11) is -3.41. The Hall–Kier alpha value is -1.81. The Morgan fingerprint density at radius 2 is 1.69 bits per heavy atom. The zero-order valence-electron chi connectivity index (χ0n) is 19.9. The van der Waals surface area contributed by atoms with Gasteiger partial charge in [-0.3, -0.25) is 4.79 Å². The molecule has 1 heterocycles. The van der Waals surface area contributed by atoms with Crippen LogP contribution in [0.25, 0.3) is 10.8 Å². The van der Waals surface area contributed by atoms with Crippen molar-refractivity contribution in [2.45, 2.75) is 29.8 Å². The number of carbonyl (C=O) groups excluding carboxylic acids is 1. The van der Waals surface area contributed by atoms with Crippen LogP contribution < -0.4 is 11.1 Å². The highest BCUT2D eigenvalue weighted by Crippen LogP contribution is 2.26. The van der Waals surface area contributed by atoms with E-state index < -0.39 is 9.84 Å². The molecule has 3 N–H and O–H groups in total. The van der Waals surface area contributed by atoms with E-state index in [0.29, 0.717) is 48.7 Å². The molecular weight excluding hydrogens is 537 g/mol. The Bertz CT molecular complexity index is 1260. The number of fused-ring (bicyclic) bond motifs is 1. The van der Waals surface area contributed by atoms with Crippen molar-refractivity contribution in [1.29, 1.82) is 0 Å². The summed E-state index contributed by atoms with van der Waals surface area (Å²) in [6.45, 7) is 1.79. The lowest BCUT2D eigenvalue weighted by Crippen LogP contribution is -2.54. The lowest BCUT2D eigenvalue weighted by molar-refractivity contribution is 0.0634. The number of hydrogen-bond acceptors (Lipinski definition) is 6. The third-order valence-corrected chi connectivity index (χ3v) is 8.63. The van der Waals surface area contributed by atoms with Gasteiger partial charge in [0.1, 0.15) is 0 Å². The molecule has 36 heavy (non-hydrogen) atoms. The summed E-state index contributed by atoms with van der Waals surface area (Å²) < 4.78 is 25.6. The highest BCUT2D eigenvalue weighted by Gasteiger charge is 2.30. The van der Waals surface area contributed by atoms with Gasteiger partial charge < -0.3 is 16.0 Å². The van der Waals surface area contributed by atoms with Crippen molar-refractivity contribution in [2.24, 2.45) is 5.73 Å². The number of benzene rings is 3. The average molecular weight is 571 g/mol. The smallest absolute Gasteiger partial charge is 0.254 e. The second-order valence-electron chi connectivity index (χ2n) is 8.74. The third kappa shape index (κ3) is 6.94. The number of nitrogens with zero attached hydrogens (tertiary/aromatic N) is 1. The largest absolute Gasteiger partial charge is 0.333 e. The Kier molecular flexibility index (Phi) is 11.5. The normalized spacial score (nSPS) is 16.6. The van der Waals surface area contributed by atoms with Crippen LogP contribution in [0.2, 0.25) is 0 Å². The van der Waals surface area contributed by atoms with Crippen LogP contribution >= 0.6 is 37.4 Å². The Balaban J connectivity index is 0.00000228. The molecule has 0 aliphatic carbocycles. The van der Waals surface area contributed by atoms with Crippen LogP contribution in [-0.4, -0.2) is 62.4 Å². The molecule has 10 heteroatoms. The van der Waals surface area contributed by atoms with E-state index in [9.17, 15) is 13.2 Å². The highest BCUT2D eigenvalue weighted by molar-refractivity contribution is 7.91. The molecule has 2 atom stereocenters. The molecule has 3 aromatic rings. The van der Waals surface area contributed by atoms with Crippen LogP contribution in [0.5, 0.6) is 0 Å². The first-order chi connectivity index (χ1) is 16.4. The summed E-state index contributed by atoms with van der Waals surface area (Å²) in [5.74, 6) is 0.516. The molecule has 3 aromatic carbocycles. The molecule has 0 aromatic heterocycles. The number of thiol groups is 1. The van der Waals surface area contributed by atoms with Crippen LogP contribution in [0, 0.1) is 0 Å². The van der Waals surface area contributed by atoms with Gasteiger partial charge in [-0.25, -0.2) is 8.42 Å². The van der Waals surface area contributed by atoms with E-state index in [2.05, 4.69) is 17.9 Å². The van der Waals surface area contributed by atoms with Gasteiger partial charge in [-0.1, -0.05) is 48.5 Å². The number of sulfone groups is 1. The van der Waals surface area contributed by atoms with Crippen LogP contribution in [-0.2, 0) is 16.3 Å². The summed E-state index contributed by atoms with van der Waals surface area (Å²) in [5, 5.41) is 5.22. The zero-order valence-corrected chi connectivity index (χ0v) is 23.2. The molecule has 1 aliphatic heterocycles. The molecule has 6 nitrogen and oxygen atoms in total. The number of piperazine rings is 1. The van der Waals surface area contributed by atoms with Crippen molar-refractivity contribution < 1.29 is 13.2 Å². The second kappa shape index (κ2) is 13.7. The standard InChI is InChI=1S/C26H31N3O3S2.2ClH/c27-20(18-33)16-19-10-11-25(24-9-5-4-8-23(19)24)26(30)29-14-13-28-17-21(29)12-15-34(31,32)22-6-2-1-3-7-22;;/h1-11,20-21,28,33H,12-18,27H2;2*1H/t20-,21+;;/m1../s1. The number of rotatable bonds is 8. The van der Waals surface area contributed by atoms with Crippen molar-refractivity contribution in [3.63, 3.8) is 0 Å². The van der Waals surface area contributed by atoms with Crippen LogP contribution in [0.3, 0.4) is 0 Å². The maximum absolute atomic E-state index is 13.7. The van der Waals surface area contributed by atoms with Crippen molar-refractivity contribution in [3.8, 4) is 0 Å². The Labute approximate surface area is 231 Å². The number of amides is 1. The fourth-order valence-electron chi connectivity index (χ4n) is 4.55. The van der Waals surface area contributed by atoms with Gasteiger partial charge in [-0.2, -0.15) is 12.6 Å². The quantitative estimate of drug-likeness (QED) is 0.359. The third-order valence-electron chi connectivity index (χ3n) is 6.39. The monoisotopic (exact) mass is 569 g/mol. The van der Waals surface area contributed by atoms with Crippen molar-refractivity contribution in [1.82, 2.24) is 10.2 Å². The average Bonchev–Trinajstić information content (AvgIpc) is 2.88. The summed E-state index contributed by atoms with van der Waals surface area (Å²) >= 11 is 4.30. The topological polar surface area (TPSA) is 92.5 Å². The van der Waals surface area contributed by atoms with Gasteiger partial charge in [0.2, 0.25) is 0 Å². The fourth-order valence-corrected chi connectivity index (χ4v) is 6.07. The van der Waals surface area contributed by atoms with Gasteiger partial charge in [0.15, 0.2) is 9.84 Å². The fraction of sp³-hybridized carbons (Fsp3) is 0.346. The van der Waals surface area contributed by atoms with Crippen LogP contribution in [0.1, 0.15) is 22.3 Å². The lowest BCUT2D eigenvalue weighted by atomic mass is 9.95. The number of hydrogen-bond donors (Lipinski definition) is 3. The highest BCUT2D eigenvalue weighted by atomic mass is 35.5. The number of carbonyl (C=O) groups is 1. The first-order valence-electron chi connectivity index (χ1n) is 11.6. The maximum atomic E-state index is 13.7. The number of nitrogens with one attached hydrogen (secondary N) is 1. The first-order valence-corrected chi connectivity index (χ1v) is 13.9. The minimum absolute atomic E-state index is 0. The SMILES string of the molecule is Cl.Cl.N[C@@H](CS)Cc1ccc(C(=O)N2CCNC[C@@H]2CCS(=O)(=O)c2ccccc2)c2ccccc12. The zero-order chi connectivity index (χ0) is 24.1. The second-order valence-corrected chi connectivity index (χ2v) is 11.2. The van der Waals surface area contributed by atoms with E-state index in [1.165, 1.54) is 0 Å². The molecule has 0 radical (unpaired) electrons. The van der Waals surface area contributed by atoms with E-state index in [1.807, 2.05) is 41.3 Å². The minimum atomic E-state index is -3.41. The van der Waals surface area contributed by atoms with Gasteiger partial charge in [-0.05, 0) is 47.4 Å². The molecule has 1 amide bonds. The van der Waals surface area contributed by atoms with Gasteiger partial charge in [0, 0.05) is 43.0 Å². The van der Waals surface area contributed by atoms with E-state index in [-0.39, 0.29) is 48.6 Å².